The molecule has 0 amide bonds. The number of para-hydroxylation sites is 1. The Morgan fingerprint density at radius 3 is 2.47 bits per heavy atom. The Bertz CT molecular complexity index is 437. The Kier molecular flexibility index (Phi) is 7.02. The topological polar surface area (TPSA) is 9.23 Å². The summed E-state index contributed by atoms with van der Waals surface area (Å²) in [7, 11) is 1.74. The lowest BCUT2D eigenvalue weighted by Crippen LogP contribution is -1.91. The molecule has 0 aliphatic carbocycles. The largest absolute Gasteiger partial charge is 0.496 e. The van der Waals surface area contributed by atoms with Crippen LogP contribution in [0.25, 0.3) is 0 Å². The van der Waals surface area contributed by atoms with E-state index < -0.39 is 0 Å². The highest BCUT2D eigenvalue weighted by molar-refractivity contribution is 5.33. The van der Waals surface area contributed by atoms with Gasteiger partial charge in [-0.15, -0.1) is 0 Å². The minimum absolute atomic E-state index is 0.998. The third kappa shape index (κ3) is 6.28. The minimum Gasteiger partial charge on any atom is -0.496 e. The quantitative estimate of drug-likeness (QED) is 0.601. The molecule has 0 saturated heterocycles. The lowest BCUT2D eigenvalue weighted by atomic mass is 10.1. The van der Waals surface area contributed by atoms with E-state index in [0.29, 0.717) is 0 Å². The van der Waals surface area contributed by atoms with Crippen molar-refractivity contribution in [3.8, 4) is 5.75 Å². The van der Waals surface area contributed by atoms with Gasteiger partial charge in [0.25, 0.3) is 0 Å². The maximum absolute atomic E-state index is 5.37. The van der Waals surface area contributed by atoms with Crippen LogP contribution in [0.4, 0.5) is 0 Å². The summed E-state index contributed by atoms with van der Waals surface area (Å²) < 4.78 is 5.37. The number of aryl methyl sites for hydroxylation is 1. The molecule has 0 spiro atoms. The highest BCUT2D eigenvalue weighted by Crippen LogP contribution is 2.19. The zero-order valence-corrected chi connectivity index (χ0v) is 12.7. The average molecular weight is 258 g/mol. The monoisotopic (exact) mass is 258 g/mol. The summed E-state index contributed by atoms with van der Waals surface area (Å²) in [4.78, 5) is 0. The normalized spacial score (nSPS) is 11.3. The number of allylic oxidation sites excluding steroid dienone is 4. The molecule has 1 aromatic carbocycles. The highest BCUT2D eigenvalue weighted by atomic mass is 16.5. The number of methoxy groups -OCH3 is 1. The molecule has 0 fully saturated rings. The molecule has 0 heterocycles. The first-order chi connectivity index (χ1) is 9.13. The Morgan fingerprint density at radius 1 is 1.05 bits per heavy atom. The molecule has 0 radical (unpaired) electrons. The standard InChI is InChI=1S/C18H26O/c1-15(2)9-7-10-16(3)11-8-13-17-12-5-6-14-18(17)19-4/h5-6,9,11-12,14H,7-8,10,13H2,1-4H3/b16-11+. The summed E-state index contributed by atoms with van der Waals surface area (Å²) in [5, 5.41) is 0. The number of rotatable bonds is 7. The van der Waals surface area contributed by atoms with Crippen molar-refractivity contribution in [1.29, 1.82) is 0 Å². The van der Waals surface area contributed by atoms with Crippen LogP contribution in [0.3, 0.4) is 0 Å². The van der Waals surface area contributed by atoms with Crippen LogP contribution in [0.5, 0.6) is 5.75 Å². The maximum atomic E-state index is 5.37. The molecule has 0 saturated carbocycles. The number of ether oxygens (including phenoxy) is 1. The van der Waals surface area contributed by atoms with Gasteiger partial charge in [0.2, 0.25) is 0 Å². The fourth-order valence-corrected chi connectivity index (χ4v) is 2.07. The molecule has 1 rings (SSSR count). The molecular formula is C18H26O. The van der Waals surface area contributed by atoms with Crippen molar-refractivity contribution >= 4 is 0 Å². The predicted molar refractivity (Wildman–Crippen MR) is 83.7 cm³/mol. The molecule has 1 heteroatoms. The SMILES string of the molecule is COc1ccccc1CC/C=C(\C)CCC=C(C)C. The second-order valence-electron chi connectivity index (χ2n) is 5.22. The van der Waals surface area contributed by atoms with Crippen molar-refractivity contribution in [3.05, 3.63) is 53.1 Å². The second kappa shape index (κ2) is 8.58. The van der Waals surface area contributed by atoms with Crippen LogP contribution in [-0.4, -0.2) is 7.11 Å². The van der Waals surface area contributed by atoms with Gasteiger partial charge in [0.05, 0.1) is 7.11 Å². The van der Waals surface area contributed by atoms with Crippen molar-refractivity contribution in [1.82, 2.24) is 0 Å². The first kappa shape index (κ1) is 15.6. The van der Waals surface area contributed by atoms with E-state index in [1.54, 1.807) is 7.11 Å². The molecule has 1 aromatic rings. The molecule has 0 aliphatic rings. The van der Waals surface area contributed by atoms with E-state index in [2.05, 4.69) is 45.1 Å². The summed E-state index contributed by atoms with van der Waals surface area (Å²) in [6.07, 6.45) is 9.10. The highest BCUT2D eigenvalue weighted by Gasteiger charge is 1.99. The Labute approximate surface area is 118 Å². The van der Waals surface area contributed by atoms with Crippen LogP contribution < -0.4 is 4.74 Å². The van der Waals surface area contributed by atoms with E-state index in [9.17, 15) is 0 Å². The van der Waals surface area contributed by atoms with Crippen molar-refractivity contribution in [3.63, 3.8) is 0 Å². The molecular weight excluding hydrogens is 232 g/mol. The average Bonchev–Trinajstić information content (AvgIpc) is 2.39. The van der Waals surface area contributed by atoms with Gasteiger partial charge in [0.1, 0.15) is 5.75 Å². The van der Waals surface area contributed by atoms with Gasteiger partial charge >= 0.3 is 0 Å². The lowest BCUT2D eigenvalue weighted by molar-refractivity contribution is 0.409. The van der Waals surface area contributed by atoms with E-state index in [0.717, 1.165) is 31.4 Å². The van der Waals surface area contributed by atoms with Crippen LogP contribution in [0.1, 0.15) is 45.6 Å². The molecule has 0 bridgehead atoms. The zero-order valence-electron chi connectivity index (χ0n) is 12.7. The summed E-state index contributed by atoms with van der Waals surface area (Å²) in [5.74, 6) is 0.998. The van der Waals surface area contributed by atoms with E-state index in [-0.39, 0.29) is 0 Å². The molecule has 0 unspecified atom stereocenters. The maximum Gasteiger partial charge on any atom is 0.122 e. The third-order valence-corrected chi connectivity index (χ3v) is 3.19. The smallest absolute Gasteiger partial charge is 0.122 e. The van der Waals surface area contributed by atoms with Crippen LogP contribution in [0, 0.1) is 0 Å². The fraction of sp³-hybridized carbons (Fsp3) is 0.444. The zero-order chi connectivity index (χ0) is 14.1. The number of hydrogen-bond acceptors (Lipinski definition) is 1. The number of benzene rings is 1. The Hall–Kier alpha value is -1.50. The van der Waals surface area contributed by atoms with Crippen molar-refractivity contribution in [2.75, 3.05) is 7.11 Å². The summed E-state index contributed by atoms with van der Waals surface area (Å²) in [5.41, 5.74) is 4.17. The van der Waals surface area contributed by atoms with Crippen molar-refractivity contribution in [2.45, 2.75) is 46.5 Å². The van der Waals surface area contributed by atoms with Crippen LogP contribution in [0.2, 0.25) is 0 Å². The molecule has 0 N–H and O–H groups in total. The lowest BCUT2D eigenvalue weighted by Gasteiger charge is -2.06. The molecule has 104 valence electrons. The van der Waals surface area contributed by atoms with Crippen molar-refractivity contribution in [2.24, 2.45) is 0 Å². The van der Waals surface area contributed by atoms with Gasteiger partial charge in [-0.05, 0) is 58.1 Å². The van der Waals surface area contributed by atoms with Gasteiger partial charge in [0, 0.05) is 0 Å². The molecule has 1 nitrogen and oxygen atoms in total. The molecule has 0 aromatic heterocycles. The first-order valence-corrected chi connectivity index (χ1v) is 7.04. The van der Waals surface area contributed by atoms with Crippen LogP contribution >= 0.6 is 0 Å². The molecule has 0 atom stereocenters. The van der Waals surface area contributed by atoms with Crippen molar-refractivity contribution < 1.29 is 4.74 Å². The van der Waals surface area contributed by atoms with Gasteiger partial charge in [-0.3, -0.25) is 0 Å². The molecule has 19 heavy (non-hydrogen) atoms. The van der Waals surface area contributed by atoms with E-state index >= 15 is 0 Å². The summed E-state index contributed by atoms with van der Waals surface area (Å²) >= 11 is 0. The van der Waals surface area contributed by atoms with E-state index in [1.807, 2.05) is 12.1 Å². The third-order valence-electron chi connectivity index (χ3n) is 3.19. The first-order valence-electron chi connectivity index (χ1n) is 7.04. The van der Waals surface area contributed by atoms with Gasteiger partial charge in [-0.1, -0.05) is 41.5 Å². The predicted octanol–water partition coefficient (Wildman–Crippen LogP) is 5.32. The Morgan fingerprint density at radius 2 is 1.79 bits per heavy atom. The van der Waals surface area contributed by atoms with Gasteiger partial charge in [-0.2, -0.15) is 0 Å². The number of hydrogen-bond donors (Lipinski definition) is 0. The summed E-state index contributed by atoms with van der Waals surface area (Å²) in [6.45, 7) is 6.53. The van der Waals surface area contributed by atoms with E-state index in [1.165, 1.54) is 16.7 Å². The van der Waals surface area contributed by atoms with E-state index in [4.69, 9.17) is 4.74 Å². The van der Waals surface area contributed by atoms with Gasteiger partial charge in [-0.25, -0.2) is 0 Å². The van der Waals surface area contributed by atoms with Crippen LogP contribution in [0.15, 0.2) is 47.6 Å². The van der Waals surface area contributed by atoms with Crippen LogP contribution in [-0.2, 0) is 6.42 Å². The Balaban J connectivity index is 2.42. The van der Waals surface area contributed by atoms with Gasteiger partial charge < -0.3 is 4.74 Å². The summed E-state index contributed by atoms with van der Waals surface area (Å²) in [6, 6.07) is 8.26. The molecule has 0 aliphatic heterocycles. The fourth-order valence-electron chi connectivity index (χ4n) is 2.07. The van der Waals surface area contributed by atoms with Gasteiger partial charge in [0.15, 0.2) is 0 Å². The second-order valence-corrected chi connectivity index (χ2v) is 5.22. The minimum atomic E-state index is 0.998.